The van der Waals surface area contributed by atoms with E-state index in [9.17, 15) is 10.1 Å². The van der Waals surface area contributed by atoms with Crippen LogP contribution in [0, 0.1) is 10.1 Å². The van der Waals surface area contributed by atoms with Gasteiger partial charge in [-0.15, -0.1) is 0 Å². The standard InChI is InChI=1S/C18H28N4O5/c23-9-12-26-11-8-19-18(21-14-17-3-1-2-10-27-17)20-13-15-4-6-16(7-5-15)22(24)25/h4-7,17,23H,1-3,8-14H2,(H2,19,20,21). The molecule has 1 aliphatic rings. The largest absolute Gasteiger partial charge is 0.394 e. The summed E-state index contributed by atoms with van der Waals surface area (Å²) in [7, 11) is 0. The maximum absolute atomic E-state index is 10.7. The van der Waals surface area contributed by atoms with Crippen molar-refractivity contribution in [1.82, 2.24) is 10.6 Å². The Balaban J connectivity index is 1.87. The second kappa shape index (κ2) is 12.2. The number of guanidine groups is 1. The van der Waals surface area contributed by atoms with Crippen molar-refractivity contribution in [1.29, 1.82) is 0 Å². The number of nitro groups is 1. The van der Waals surface area contributed by atoms with Crippen molar-refractivity contribution < 1.29 is 19.5 Å². The summed E-state index contributed by atoms with van der Waals surface area (Å²) in [5.41, 5.74) is 0.946. The Bertz CT molecular complexity index is 588. The molecule has 1 aromatic carbocycles. The number of aliphatic hydroxyl groups is 1. The zero-order chi connectivity index (χ0) is 19.3. The van der Waals surface area contributed by atoms with Gasteiger partial charge in [-0.1, -0.05) is 12.1 Å². The second-order valence-corrected chi connectivity index (χ2v) is 6.22. The van der Waals surface area contributed by atoms with Crippen molar-refractivity contribution in [3.8, 4) is 0 Å². The number of benzene rings is 1. The van der Waals surface area contributed by atoms with Crippen LogP contribution in [0.5, 0.6) is 0 Å². The first-order chi connectivity index (χ1) is 13.2. The van der Waals surface area contributed by atoms with Crippen LogP contribution in [0.2, 0.25) is 0 Å². The van der Waals surface area contributed by atoms with Crippen molar-refractivity contribution in [3.05, 3.63) is 39.9 Å². The Morgan fingerprint density at radius 3 is 2.78 bits per heavy atom. The van der Waals surface area contributed by atoms with E-state index in [1.54, 1.807) is 12.1 Å². The molecule has 1 atom stereocenters. The SMILES string of the molecule is O=[N+]([O-])c1ccc(CN=C(NCCOCCO)NCC2CCCCO2)cc1. The van der Waals surface area contributed by atoms with Crippen LogP contribution in [0.3, 0.4) is 0 Å². The molecule has 1 aromatic rings. The highest BCUT2D eigenvalue weighted by atomic mass is 16.6. The van der Waals surface area contributed by atoms with Crippen molar-refractivity contribution >= 4 is 11.6 Å². The molecule has 3 N–H and O–H groups in total. The van der Waals surface area contributed by atoms with Crippen LogP contribution in [0.25, 0.3) is 0 Å². The number of aliphatic imine (C=N–C) groups is 1. The van der Waals surface area contributed by atoms with E-state index in [0.717, 1.165) is 25.0 Å². The number of nitro benzene ring substituents is 1. The van der Waals surface area contributed by atoms with E-state index in [1.165, 1.54) is 18.6 Å². The normalized spacial score (nSPS) is 17.5. The maximum Gasteiger partial charge on any atom is 0.269 e. The molecule has 1 heterocycles. The third-order valence-electron chi connectivity index (χ3n) is 4.11. The van der Waals surface area contributed by atoms with Crippen LogP contribution in [-0.2, 0) is 16.0 Å². The fourth-order valence-electron chi connectivity index (χ4n) is 2.65. The molecule has 9 heteroatoms. The van der Waals surface area contributed by atoms with E-state index in [2.05, 4.69) is 15.6 Å². The van der Waals surface area contributed by atoms with Gasteiger partial charge in [-0.25, -0.2) is 4.99 Å². The fraction of sp³-hybridized carbons (Fsp3) is 0.611. The summed E-state index contributed by atoms with van der Waals surface area (Å²) < 4.78 is 11.0. The molecule has 1 fully saturated rings. The van der Waals surface area contributed by atoms with Gasteiger partial charge in [0.15, 0.2) is 5.96 Å². The lowest BCUT2D eigenvalue weighted by molar-refractivity contribution is -0.384. The molecule has 0 aromatic heterocycles. The summed E-state index contributed by atoms with van der Waals surface area (Å²) in [4.78, 5) is 14.8. The highest BCUT2D eigenvalue weighted by Gasteiger charge is 2.14. The Hall–Kier alpha value is -2.23. The minimum atomic E-state index is -0.419. The van der Waals surface area contributed by atoms with Gasteiger partial charge in [-0.2, -0.15) is 0 Å². The number of aliphatic hydroxyl groups excluding tert-OH is 1. The molecule has 1 unspecified atom stereocenters. The van der Waals surface area contributed by atoms with Crippen molar-refractivity contribution in [2.24, 2.45) is 4.99 Å². The van der Waals surface area contributed by atoms with Crippen molar-refractivity contribution in [3.63, 3.8) is 0 Å². The third kappa shape index (κ3) is 8.33. The number of nitrogens with one attached hydrogen (secondary N) is 2. The van der Waals surface area contributed by atoms with Crippen LogP contribution < -0.4 is 10.6 Å². The molecule has 1 aliphatic heterocycles. The minimum absolute atomic E-state index is 0.00163. The van der Waals surface area contributed by atoms with Gasteiger partial charge in [0.05, 0.1) is 37.4 Å². The van der Waals surface area contributed by atoms with E-state index in [1.807, 2.05) is 0 Å². The molecule has 0 aliphatic carbocycles. The molecule has 1 saturated heterocycles. The Kier molecular flexibility index (Phi) is 9.53. The number of rotatable bonds is 10. The molecule has 0 radical (unpaired) electrons. The van der Waals surface area contributed by atoms with Gasteiger partial charge in [-0.05, 0) is 24.8 Å². The van der Waals surface area contributed by atoms with E-state index in [0.29, 0.717) is 38.8 Å². The topological polar surface area (TPSA) is 118 Å². The molecular weight excluding hydrogens is 352 g/mol. The summed E-state index contributed by atoms with van der Waals surface area (Å²) in [6.45, 7) is 3.18. The molecule has 0 bridgehead atoms. The zero-order valence-electron chi connectivity index (χ0n) is 15.4. The molecule has 2 rings (SSSR count). The highest BCUT2D eigenvalue weighted by molar-refractivity contribution is 5.79. The van der Waals surface area contributed by atoms with Gasteiger partial charge < -0.3 is 25.2 Å². The lowest BCUT2D eigenvalue weighted by atomic mass is 10.1. The number of nitrogens with zero attached hydrogens (tertiary/aromatic N) is 2. The van der Waals surface area contributed by atoms with Gasteiger partial charge in [0, 0.05) is 31.8 Å². The lowest BCUT2D eigenvalue weighted by Crippen LogP contribution is -2.43. The third-order valence-corrected chi connectivity index (χ3v) is 4.11. The Labute approximate surface area is 158 Å². The van der Waals surface area contributed by atoms with E-state index in [-0.39, 0.29) is 18.4 Å². The number of ether oxygens (including phenoxy) is 2. The van der Waals surface area contributed by atoms with Crippen LogP contribution in [0.4, 0.5) is 5.69 Å². The van der Waals surface area contributed by atoms with E-state index < -0.39 is 4.92 Å². The number of hydrogen-bond acceptors (Lipinski definition) is 6. The smallest absolute Gasteiger partial charge is 0.269 e. The first kappa shape index (κ1) is 21.1. The zero-order valence-corrected chi connectivity index (χ0v) is 15.4. The average molecular weight is 380 g/mol. The first-order valence-electron chi connectivity index (χ1n) is 9.25. The minimum Gasteiger partial charge on any atom is -0.394 e. The number of hydrogen-bond donors (Lipinski definition) is 3. The molecule has 27 heavy (non-hydrogen) atoms. The van der Waals surface area contributed by atoms with Gasteiger partial charge >= 0.3 is 0 Å². The van der Waals surface area contributed by atoms with E-state index in [4.69, 9.17) is 14.6 Å². The maximum atomic E-state index is 10.7. The Morgan fingerprint density at radius 2 is 2.11 bits per heavy atom. The predicted molar refractivity (Wildman–Crippen MR) is 102 cm³/mol. The first-order valence-corrected chi connectivity index (χ1v) is 9.25. The van der Waals surface area contributed by atoms with Gasteiger partial charge in [-0.3, -0.25) is 10.1 Å². The molecule has 0 spiro atoms. The van der Waals surface area contributed by atoms with Gasteiger partial charge in [0.1, 0.15) is 0 Å². The molecule has 9 nitrogen and oxygen atoms in total. The van der Waals surface area contributed by atoms with Gasteiger partial charge in [0.25, 0.3) is 5.69 Å². The summed E-state index contributed by atoms with van der Waals surface area (Å²) in [5, 5.41) is 25.9. The van der Waals surface area contributed by atoms with E-state index >= 15 is 0 Å². The summed E-state index contributed by atoms with van der Waals surface area (Å²) in [5.74, 6) is 0.634. The lowest BCUT2D eigenvalue weighted by Gasteiger charge is -2.23. The van der Waals surface area contributed by atoms with Crippen molar-refractivity contribution in [2.75, 3.05) is 39.5 Å². The quantitative estimate of drug-likeness (QED) is 0.184. The molecular formula is C18H28N4O5. The van der Waals surface area contributed by atoms with Gasteiger partial charge in [0.2, 0.25) is 0 Å². The second-order valence-electron chi connectivity index (χ2n) is 6.22. The summed E-state index contributed by atoms with van der Waals surface area (Å²) >= 11 is 0. The molecule has 0 saturated carbocycles. The molecule has 0 amide bonds. The van der Waals surface area contributed by atoms with Crippen LogP contribution >= 0.6 is 0 Å². The summed E-state index contributed by atoms with van der Waals surface area (Å²) in [6, 6.07) is 6.36. The molecule has 150 valence electrons. The summed E-state index contributed by atoms with van der Waals surface area (Å²) in [6.07, 6.45) is 3.49. The number of non-ortho nitro benzene ring substituents is 1. The predicted octanol–water partition coefficient (Wildman–Crippen LogP) is 1.21. The van der Waals surface area contributed by atoms with Crippen LogP contribution in [0.1, 0.15) is 24.8 Å². The average Bonchev–Trinajstić information content (AvgIpc) is 2.70. The van der Waals surface area contributed by atoms with Crippen LogP contribution in [-0.4, -0.2) is 61.6 Å². The fourth-order valence-corrected chi connectivity index (χ4v) is 2.65. The van der Waals surface area contributed by atoms with Crippen LogP contribution in [0.15, 0.2) is 29.3 Å². The Morgan fingerprint density at radius 1 is 1.30 bits per heavy atom. The van der Waals surface area contributed by atoms with Crippen molar-refractivity contribution in [2.45, 2.75) is 31.9 Å². The monoisotopic (exact) mass is 380 g/mol. The highest BCUT2D eigenvalue weighted by Crippen LogP contribution is 2.13.